The van der Waals surface area contributed by atoms with E-state index in [-0.39, 0.29) is 21.3 Å². The Morgan fingerprint density at radius 1 is 1.12 bits per heavy atom. The lowest BCUT2D eigenvalue weighted by atomic mass is 9.86. The van der Waals surface area contributed by atoms with Crippen molar-refractivity contribution in [2.45, 2.75) is 25.1 Å². The Balaban J connectivity index is 2.06. The molecule has 2 aromatic rings. The lowest BCUT2D eigenvalue weighted by molar-refractivity contribution is -0.275. The van der Waals surface area contributed by atoms with E-state index in [2.05, 4.69) is 21.1 Å². The largest absolute Gasteiger partial charge is 0.435 e. The van der Waals surface area contributed by atoms with E-state index in [1.54, 1.807) is 19.1 Å². The zero-order chi connectivity index (χ0) is 18.4. The van der Waals surface area contributed by atoms with Crippen molar-refractivity contribution in [1.82, 2.24) is 0 Å². The molecule has 1 aliphatic rings. The van der Waals surface area contributed by atoms with Crippen LogP contribution in [0.4, 0.5) is 13.2 Å². The number of aryl methyl sites for hydroxylation is 1. The van der Waals surface area contributed by atoms with Crippen molar-refractivity contribution in [3.63, 3.8) is 0 Å². The number of alkyl halides is 3. The van der Waals surface area contributed by atoms with E-state index in [0.29, 0.717) is 5.56 Å². The SMILES string of the molecule is Cc1cc(Br)ccc1C1=NOC(c2cc(Cl)cc(Cl)c2)(C(F)(F)F)C1. The fourth-order valence-electron chi connectivity index (χ4n) is 2.79. The molecular weight excluding hydrogens is 442 g/mol. The monoisotopic (exact) mass is 451 g/mol. The maximum atomic E-state index is 13.9. The van der Waals surface area contributed by atoms with Gasteiger partial charge in [-0.1, -0.05) is 50.4 Å². The lowest BCUT2D eigenvalue weighted by Gasteiger charge is -2.29. The molecule has 2 nitrogen and oxygen atoms in total. The second-order valence-corrected chi connectivity index (χ2v) is 7.54. The molecule has 0 fully saturated rings. The molecule has 0 bridgehead atoms. The molecule has 0 aromatic heterocycles. The van der Waals surface area contributed by atoms with Crippen LogP contribution in [-0.2, 0) is 10.4 Å². The van der Waals surface area contributed by atoms with Gasteiger partial charge in [0.05, 0.1) is 5.71 Å². The summed E-state index contributed by atoms with van der Waals surface area (Å²) in [5.41, 5.74) is -1.18. The summed E-state index contributed by atoms with van der Waals surface area (Å²) in [4.78, 5) is 4.99. The van der Waals surface area contributed by atoms with E-state index < -0.39 is 18.2 Å². The Morgan fingerprint density at radius 3 is 2.32 bits per heavy atom. The highest BCUT2D eigenvalue weighted by Gasteiger charge is 2.62. The first-order valence-electron chi connectivity index (χ1n) is 7.17. The molecule has 1 unspecified atom stereocenters. The molecule has 1 aliphatic heterocycles. The molecule has 2 aromatic carbocycles. The quantitative estimate of drug-likeness (QED) is 0.500. The molecule has 132 valence electrons. The number of oxime groups is 1. The van der Waals surface area contributed by atoms with Gasteiger partial charge in [0, 0.05) is 32.1 Å². The summed E-state index contributed by atoms with van der Waals surface area (Å²) in [6, 6.07) is 9.03. The Bertz CT molecular complexity index is 849. The molecule has 0 radical (unpaired) electrons. The predicted molar refractivity (Wildman–Crippen MR) is 95.3 cm³/mol. The zero-order valence-corrected chi connectivity index (χ0v) is 15.9. The third-order valence-electron chi connectivity index (χ3n) is 4.01. The molecular formula is C17H11BrCl2F3NO. The average Bonchev–Trinajstić information content (AvgIpc) is 2.92. The predicted octanol–water partition coefficient (Wildman–Crippen LogP) is 6.65. The minimum absolute atomic E-state index is 0.1000. The van der Waals surface area contributed by atoms with E-state index in [4.69, 9.17) is 28.0 Å². The van der Waals surface area contributed by atoms with Crippen molar-refractivity contribution in [3.8, 4) is 0 Å². The summed E-state index contributed by atoms with van der Waals surface area (Å²) < 4.78 is 42.6. The van der Waals surface area contributed by atoms with Gasteiger partial charge in [-0.15, -0.1) is 0 Å². The molecule has 3 rings (SSSR count). The first-order valence-corrected chi connectivity index (χ1v) is 8.72. The minimum Gasteiger partial charge on any atom is -0.374 e. The number of benzene rings is 2. The number of nitrogens with zero attached hydrogens (tertiary/aromatic N) is 1. The van der Waals surface area contributed by atoms with Crippen LogP contribution in [0.3, 0.4) is 0 Å². The van der Waals surface area contributed by atoms with Gasteiger partial charge in [0.2, 0.25) is 0 Å². The van der Waals surface area contributed by atoms with Gasteiger partial charge in [-0.05, 0) is 42.8 Å². The van der Waals surface area contributed by atoms with Crippen LogP contribution in [0.25, 0.3) is 0 Å². The normalized spacial score (nSPS) is 20.4. The van der Waals surface area contributed by atoms with Gasteiger partial charge in [-0.25, -0.2) is 0 Å². The van der Waals surface area contributed by atoms with Crippen molar-refractivity contribution >= 4 is 44.8 Å². The van der Waals surface area contributed by atoms with Crippen LogP contribution in [0.1, 0.15) is 23.1 Å². The van der Waals surface area contributed by atoms with Crippen LogP contribution >= 0.6 is 39.1 Å². The van der Waals surface area contributed by atoms with Crippen molar-refractivity contribution in [3.05, 3.63) is 67.6 Å². The maximum Gasteiger partial charge on any atom is 0.435 e. The van der Waals surface area contributed by atoms with Crippen molar-refractivity contribution < 1.29 is 18.0 Å². The fraction of sp³-hybridized carbons (Fsp3) is 0.235. The summed E-state index contributed by atoms with van der Waals surface area (Å²) in [6.07, 6.45) is -5.16. The highest BCUT2D eigenvalue weighted by molar-refractivity contribution is 9.10. The molecule has 0 N–H and O–H groups in total. The van der Waals surface area contributed by atoms with Crippen LogP contribution in [0.5, 0.6) is 0 Å². The number of halogens is 6. The van der Waals surface area contributed by atoms with Gasteiger partial charge < -0.3 is 4.84 Å². The second-order valence-electron chi connectivity index (χ2n) is 5.75. The summed E-state index contributed by atoms with van der Waals surface area (Å²) >= 11 is 15.1. The third-order valence-corrected chi connectivity index (χ3v) is 4.94. The molecule has 0 amide bonds. The van der Waals surface area contributed by atoms with Gasteiger partial charge in [-0.3, -0.25) is 0 Å². The number of rotatable bonds is 2. The van der Waals surface area contributed by atoms with Crippen LogP contribution < -0.4 is 0 Å². The first-order chi connectivity index (χ1) is 11.6. The first kappa shape index (κ1) is 18.5. The Labute approximate surface area is 160 Å². The van der Waals surface area contributed by atoms with Crippen molar-refractivity contribution in [1.29, 1.82) is 0 Å². The molecule has 0 saturated heterocycles. The van der Waals surface area contributed by atoms with Gasteiger partial charge in [0.15, 0.2) is 0 Å². The third kappa shape index (κ3) is 3.39. The van der Waals surface area contributed by atoms with Crippen molar-refractivity contribution in [2.75, 3.05) is 0 Å². The van der Waals surface area contributed by atoms with E-state index in [0.717, 1.165) is 10.0 Å². The standard InChI is InChI=1S/C17H11BrCl2F3NO/c1-9-4-11(18)2-3-14(9)15-8-16(25-24-15,17(21,22)23)10-5-12(19)7-13(20)6-10/h2-7H,8H2,1H3. The van der Waals surface area contributed by atoms with Crippen LogP contribution in [0.15, 0.2) is 46.0 Å². The Kier molecular flexibility index (Phi) is 4.81. The highest BCUT2D eigenvalue weighted by Crippen LogP contribution is 2.49. The Hall–Kier alpha value is -1.24. The van der Waals surface area contributed by atoms with Gasteiger partial charge in [0.1, 0.15) is 0 Å². The van der Waals surface area contributed by atoms with E-state index in [1.807, 2.05) is 6.07 Å². The second kappa shape index (κ2) is 6.49. The highest BCUT2D eigenvalue weighted by atomic mass is 79.9. The molecule has 0 saturated carbocycles. The smallest absolute Gasteiger partial charge is 0.374 e. The van der Waals surface area contributed by atoms with Gasteiger partial charge in [-0.2, -0.15) is 13.2 Å². The Morgan fingerprint density at radius 2 is 1.76 bits per heavy atom. The molecule has 1 atom stereocenters. The zero-order valence-electron chi connectivity index (χ0n) is 12.8. The van der Waals surface area contributed by atoms with E-state index >= 15 is 0 Å². The summed E-state index contributed by atoms with van der Waals surface area (Å²) in [5.74, 6) is 0. The fourth-order valence-corrected chi connectivity index (χ4v) is 3.79. The van der Waals surface area contributed by atoms with E-state index in [1.165, 1.54) is 18.2 Å². The van der Waals surface area contributed by atoms with Crippen LogP contribution in [-0.4, -0.2) is 11.9 Å². The van der Waals surface area contributed by atoms with E-state index in [9.17, 15) is 13.2 Å². The lowest BCUT2D eigenvalue weighted by Crippen LogP contribution is -2.42. The van der Waals surface area contributed by atoms with Crippen LogP contribution in [0.2, 0.25) is 10.0 Å². The maximum absolute atomic E-state index is 13.9. The van der Waals surface area contributed by atoms with Gasteiger partial charge in [0.25, 0.3) is 5.60 Å². The van der Waals surface area contributed by atoms with Crippen molar-refractivity contribution in [2.24, 2.45) is 5.16 Å². The number of hydrogen-bond acceptors (Lipinski definition) is 2. The summed E-state index contributed by atoms with van der Waals surface area (Å²) in [6.45, 7) is 1.80. The topological polar surface area (TPSA) is 21.6 Å². The average molecular weight is 453 g/mol. The van der Waals surface area contributed by atoms with Gasteiger partial charge >= 0.3 is 6.18 Å². The molecule has 0 spiro atoms. The molecule has 0 aliphatic carbocycles. The summed E-state index contributed by atoms with van der Waals surface area (Å²) in [7, 11) is 0. The summed E-state index contributed by atoms with van der Waals surface area (Å²) in [5, 5.41) is 3.95. The minimum atomic E-state index is -4.70. The number of hydrogen-bond donors (Lipinski definition) is 0. The van der Waals surface area contributed by atoms with Crippen LogP contribution in [0, 0.1) is 6.92 Å². The molecule has 25 heavy (non-hydrogen) atoms. The molecule has 8 heteroatoms. The molecule has 1 heterocycles.